The molecule has 5 heterocycles. The third-order valence-corrected chi connectivity index (χ3v) is 8.40. The third kappa shape index (κ3) is 3.88. The Morgan fingerprint density at radius 3 is 3.00 bits per heavy atom. The first-order valence-electron chi connectivity index (χ1n) is 11.9. The van der Waals surface area contributed by atoms with Crippen LogP contribution in [0.15, 0.2) is 18.6 Å². The van der Waals surface area contributed by atoms with E-state index in [1.54, 1.807) is 31.0 Å². The molecule has 1 aliphatic carbocycles. The normalized spacial score (nSPS) is 20.1. The molecule has 11 heteroatoms. The first-order chi connectivity index (χ1) is 17.0. The first kappa shape index (κ1) is 22.2. The zero-order valence-corrected chi connectivity index (χ0v) is 20.9. The molecule has 0 aromatic carbocycles. The zero-order valence-electron chi connectivity index (χ0n) is 20.0. The molecule has 0 saturated carbocycles. The van der Waals surface area contributed by atoms with Gasteiger partial charge in [-0.05, 0) is 51.4 Å². The van der Waals surface area contributed by atoms with Crippen LogP contribution in [-0.2, 0) is 17.6 Å². The number of rotatable bonds is 5. The Balaban J connectivity index is 1.28. The summed E-state index contributed by atoms with van der Waals surface area (Å²) < 4.78 is 5.51. The number of nitrogens with one attached hydrogen (secondary N) is 2. The van der Waals surface area contributed by atoms with Crippen molar-refractivity contribution in [1.82, 2.24) is 34.9 Å². The molecule has 1 aliphatic heterocycles. The maximum atomic E-state index is 13.3. The monoisotopic (exact) mass is 492 g/mol. The van der Waals surface area contributed by atoms with Gasteiger partial charge in [0.1, 0.15) is 22.7 Å². The summed E-state index contributed by atoms with van der Waals surface area (Å²) >= 11 is 1.68. The van der Waals surface area contributed by atoms with Crippen molar-refractivity contribution in [3.05, 3.63) is 29.0 Å². The summed E-state index contributed by atoms with van der Waals surface area (Å²) in [6.45, 7) is 1.69. The summed E-state index contributed by atoms with van der Waals surface area (Å²) in [6, 6.07) is 2.41. The van der Waals surface area contributed by atoms with Crippen LogP contribution in [0.4, 0.5) is 11.5 Å². The third-order valence-electron chi connectivity index (χ3n) is 7.24. The highest BCUT2D eigenvalue weighted by Crippen LogP contribution is 2.41. The lowest BCUT2D eigenvalue weighted by molar-refractivity contribution is -0.134. The van der Waals surface area contributed by atoms with Gasteiger partial charge in [-0.15, -0.1) is 11.3 Å². The van der Waals surface area contributed by atoms with E-state index in [2.05, 4.69) is 54.4 Å². The molecule has 182 valence electrons. The summed E-state index contributed by atoms with van der Waals surface area (Å²) in [6.07, 6.45) is 6.82. The summed E-state index contributed by atoms with van der Waals surface area (Å²) in [7, 11) is 5.78. The van der Waals surface area contributed by atoms with Gasteiger partial charge in [-0.1, -0.05) is 0 Å². The van der Waals surface area contributed by atoms with Crippen molar-refractivity contribution in [3.8, 4) is 5.88 Å². The van der Waals surface area contributed by atoms with E-state index in [0.717, 1.165) is 65.9 Å². The molecule has 2 aliphatic rings. The molecule has 6 rings (SSSR count). The van der Waals surface area contributed by atoms with E-state index >= 15 is 0 Å². The number of likely N-dealkylation sites (N-methyl/N-ethyl adjacent to an activating group) is 1. The summed E-state index contributed by atoms with van der Waals surface area (Å²) in [5.41, 5.74) is 2.63. The molecule has 10 nitrogen and oxygen atoms in total. The number of hydrogen-bond acceptors (Lipinski definition) is 9. The Bertz CT molecular complexity index is 1410. The van der Waals surface area contributed by atoms with Crippen LogP contribution in [-0.4, -0.2) is 81.2 Å². The number of pyridine rings is 1. The van der Waals surface area contributed by atoms with Crippen molar-refractivity contribution < 1.29 is 9.53 Å². The van der Waals surface area contributed by atoms with E-state index in [-0.39, 0.29) is 5.92 Å². The van der Waals surface area contributed by atoms with Gasteiger partial charge in [-0.25, -0.2) is 9.97 Å². The second-order valence-corrected chi connectivity index (χ2v) is 10.6. The molecular formula is C24H28N8O2S. The van der Waals surface area contributed by atoms with Crippen LogP contribution >= 0.6 is 11.3 Å². The van der Waals surface area contributed by atoms with Gasteiger partial charge in [0, 0.05) is 35.3 Å². The predicted octanol–water partition coefficient (Wildman–Crippen LogP) is 2.98. The zero-order chi connectivity index (χ0) is 24.1. The number of anilines is 2. The minimum atomic E-state index is 0.0358. The van der Waals surface area contributed by atoms with Gasteiger partial charge in [0.2, 0.25) is 11.8 Å². The highest BCUT2D eigenvalue weighted by Gasteiger charge is 2.35. The molecule has 2 N–H and O–H groups in total. The summed E-state index contributed by atoms with van der Waals surface area (Å²) in [5, 5.41) is 12.3. The van der Waals surface area contributed by atoms with E-state index in [1.165, 1.54) is 10.4 Å². The van der Waals surface area contributed by atoms with Crippen LogP contribution in [0.3, 0.4) is 0 Å². The van der Waals surface area contributed by atoms with Crippen LogP contribution < -0.4 is 10.1 Å². The summed E-state index contributed by atoms with van der Waals surface area (Å²) in [4.78, 5) is 33.4. The molecule has 35 heavy (non-hydrogen) atoms. The Hall–Kier alpha value is -3.31. The topological polar surface area (TPSA) is 112 Å². The van der Waals surface area contributed by atoms with Gasteiger partial charge in [0.15, 0.2) is 5.65 Å². The molecule has 2 unspecified atom stereocenters. The number of amides is 1. The Labute approximate surface area is 206 Å². The summed E-state index contributed by atoms with van der Waals surface area (Å²) in [5.74, 6) is 1.53. The van der Waals surface area contributed by atoms with Gasteiger partial charge >= 0.3 is 0 Å². The van der Waals surface area contributed by atoms with Gasteiger partial charge in [0.25, 0.3) is 0 Å². The molecule has 0 radical (unpaired) electrons. The number of carbonyl (C=O) groups is 1. The number of thiophene rings is 1. The fourth-order valence-corrected chi connectivity index (χ4v) is 6.54. The number of ether oxygens (including phenoxy) is 1. The number of aryl methyl sites for hydroxylation is 1. The number of likely N-dealkylation sites (tertiary alicyclic amines) is 1. The molecular weight excluding hydrogens is 464 g/mol. The van der Waals surface area contributed by atoms with Gasteiger partial charge in [-0.3, -0.25) is 9.89 Å². The number of hydrogen-bond donors (Lipinski definition) is 2. The van der Waals surface area contributed by atoms with Crippen molar-refractivity contribution in [2.24, 2.45) is 5.92 Å². The first-order valence-corrected chi connectivity index (χ1v) is 12.7. The maximum Gasteiger partial charge on any atom is 0.239 e. The Morgan fingerprint density at radius 1 is 1.31 bits per heavy atom. The van der Waals surface area contributed by atoms with Gasteiger partial charge < -0.3 is 19.9 Å². The quantitative estimate of drug-likeness (QED) is 0.437. The van der Waals surface area contributed by atoms with Crippen LogP contribution in [0.5, 0.6) is 5.88 Å². The van der Waals surface area contributed by atoms with E-state index < -0.39 is 0 Å². The standard InChI is InChI=1S/C24H28N8O2S/c1-31(2)15-6-7-32(11-15)24(33)13-4-5-16-18(9-13)35-23-19(16)21(25-12-26-23)28-17-8-14-10-27-30-20(14)29-22(17)34-3/h8,10,12-13,15H,4-7,9,11H2,1-3H3,(H,25,26,28)(H,27,29,30). The highest BCUT2D eigenvalue weighted by molar-refractivity contribution is 7.19. The average Bonchev–Trinajstić information content (AvgIpc) is 3.60. The number of aromatic amines is 1. The predicted molar refractivity (Wildman–Crippen MR) is 135 cm³/mol. The van der Waals surface area contributed by atoms with E-state index in [1.807, 2.05) is 6.07 Å². The van der Waals surface area contributed by atoms with Gasteiger partial charge in [0.05, 0.1) is 18.7 Å². The molecule has 0 spiro atoms. The van der Waals surface area contributed by atoms with Crippen molar-refractivity contribution in [3.63, 3.8) is 0 Å². The second kappa shape index (κ2) is 8.72. The number of carbonyl (C=O) groups excluding carboxylic acids is 1. The van der Waals surface area contributed by atoms with Crippen LogP contribution in [0.25, 0.3) is 21.3 Å². The number of fused-ring (bicyclic) bond motifs is 4. The van der Waals surface area contributed by atoms with Crippen molar-refractivity contribution in [2.45, 2.75) is 31.7 Å². The molecule has 1 amide bonds. The van der Waals surface area contributed by atoms with E-state index in [0.29, 0.717) is 23.5 Å². The lowest BCUT2D eigenvalue weighted by atomic mass is 9.87. The van der Waals surface area contributed by atoms with Crippen molar-refractivity contribution >= 4 is 50.0 Å². The number of methoxy groups -OCH3 is 1. The Kier molecular flexibility index (Phi) is 5.53. The largest absolute Gasteiger partial charge is 0.479 e. The fraction of sp³-hybridized carbons (Fsp3) is 0.458. The number of H-pyrrole nitrogens is 1. The smallest absolute Gasteiger partial charge is 0.239 e. The minimum absolute atomic E-state index is 0.0358. The molecule has 2 atom stereocenters. The van der Waals surface area contributed by atoms with Crippen LogP contribution in [0.1, 0.15) is 23.3 Å². The number of aromatic nitrogens is 5. The van der Waals surface area contributed by atoms with Crippen molar-refractivity contribution in [1.29, 1.82) is 0 Å². The van der Waals surface area contributed by atoms with Crippen molar-refractivity contribution in [2.75, 3.05) is 39.6 Å². The minimum Gasteiger partial charge on any atom is -0.479 e. The van der Waals surface area contributed by atoms with Crippen LogP contribution in [0.2, 0.25) is 0 Å². The molecule has 1 saturated heterocycles. The molecule has 0 bridgehead atoms. The SMILES string of the molecule is COc1nc2[nH]ncc2cc1Nc1ncnc2sc3c(c12)CCC(C(=O)N1CCC(N(C)C)C1)C3. The Morgan fingerprint density at radius 2 is 2.20 bits per heavy atom. The van der Waals surface area contributed by atoms with Crippen LogP contribution in [0, 0.1) is 5.92 Å². The second-order valence-electron chi connectivity index (χ2n) is 9.51. The molecule has 1 fully saturated rings. The van der Waals surface area contributed by atoms with E-state index in [4.69, 9.17) is 4.74 Å². The highest BCUT2D eigenvalue weighted by atomic mass is 32.1. The average molecular weight is 493 g/mol. The number of nitrogens with zero attached hydrogens (tertiary/aromatic N) is 6. The van der Waals surface area contributed by atoms with Gasteiger partial charge in [-0.2, -0.15) is 10.1 Å². The fourth-order valence-electron chi connectivity index (χ4n) is 5.27. The van der Waals surface area contributed by atoms with E-state index in [9.17, 15) is 4.79 Å². The lowest BCUT2D eigenvalue weighted by Crippen LogP contribution is -2.39. The molecule has 4 aromatic rings. The lowest BCUT2D eigenvalue weighted by Gasteiger charge is -2.27. The maximum absolute atomic E-state index is 13.3. The molecule has 4 aromatic heterocycles.